The molecule has 1 aromatic rings. The lowest BCUT2D eigenvalue weighted by atomic mass is 10.1. The molecule has 1 N–H and O–H groups in total. The molecular formula is C15H20N2O3. The van der Waals surface area contributed by atoms with Crippen LogP contribution in [-0.2, 0) is 16.1 Å². The topological polar surface area (TPSA) is 58.6 Å². The van der Waals surface area contributed by atoms with Gasteiger partial charge in [0.15, 0.2) is 0 Å². The number of nitrogens with zero attached hydrogens (tertiary/aromatic N) is 1. The van der Waals surface area contributed by atoms with Crippen LogP contribution in [0.4, 0.5) is 0 Å². The van der Waals surface area contributed by atoms with Gasteiger partial charge in [-0.1, -0.05) is 18.2 Å². The van der Waals surface area contributed by atoms with Crippen molar-refractivity contribution >= 4 is 11.8 Å². The smallest absolute Gasteiger partial charge is 0.254 e. The summed E-state index contributed by atoms with van der Waals surface area (Å²) in [4.78, 5) is 25.4. The lowest BCUT2D eigenvalue weighted by Gasteiger charge is -2.15. The van der Waals surface area contributed by atoms with Gasteiger partial charge in [-0.2, -0.15) is 0 Å². The number of fused-ring (bicyclic) bond motifs is 1. The lowest BCUT2D eigenvalue weighted by Crippen LogP contribution is -2.37. The summed E-state index contributed by atoms with van der Waals surface area (Å²) in [7, 11) is 0. The fourth-order valence-electron chi connectivity index (χ4n) is 2.22. The van der Waals surface area contributed by atoms with Crippen LogP contribution < -0.4 is 5.32 Å². The van der Waals surface area contributed by atoms with Crippen LogP contribution >= 0.6 is 0 Å². The fraction of sp³-hybridized carbons (Fsp3) is 0.467. The SMILES string of the molecule is CCOCCCNC(=O)CN1Cc2ccccc2C1=O. The van der Waals surface area contributed by atoms with Gasteiger partial charge in [0.25, 0.3) is 5.91 Å². The van der Waals surface area contributed by atoms with Crippen LogP contribution in [0.5, 0.6) is 0 Å². The molecule has 5 heteroatoms. The van der Waals surface area contributed by atoms with Crippen molar-refractivity contribution in [1.82, 2.24) is 10.2 Å². The monoisotopic (exact) mass is 276 g/mol. The van der Waals surface area contributed by atoms with E-state index in [1.54, 1.807) is 11.0 Å². The van der Waals surface area contributed by atoms with E-state index in [4.69, 9.17) is 4.74 Å². The zero-order chi connectivity index (χ0) is 14.4. The number of amides is 2. The Hall–Kier alpha value is -1.88. The van der Waals surface area contributed by atoms with Crippen molar-refractivity contribution in [2.75, 3.05) is 26.3 Å². The summed E-state index contributed by atoms with van der Waals surface area (Å²) < 4.78 is 5.19. The minimum Gasteiger partial charge on any atom is -0.382 e. The quantitative estimate of drug-likeness (QED) is 0.761. The zero-order valence-electron chi connectivity index (χ0n) is 11.7. The summed E-state index contributed by atoms with van der Waals surface area (Å²) in [6, 6.07) is 7.47. The summed E-state index contributed by atoms with van der Waals surface area (Å²) in [5, 5.41) is 2.80. The number of hydrogen-bond acceptors (Lipinski definition) is 3. The van der Waals surface area contributed by atoms with Gasteiger partial charge in [-0.3, -0.25) is 9.59 Å². The molecule has 0 radical (unpaired) electrons. The maximum atomic E-state index is 12.1. The molecule has 0 saturated heterocycles. The number of carbonyl (C=O) groups is 2. The van der Waals surface area contributed by atoms with Crippen molar-refractivity contribution in [2.45, 2.75) is 19.9 Å². The van der Waals surface area contributed by atoms with Crippen LogP contribution in [0.15, 0.2) is 24.3 Å². The number of benzene rings is 1. The second-order valence-electron chi connectivity index (χ2n) is 4.72. The molecular weight excluding hydrogens is 256 g/mol. The largest absolute Gasteiger partial charge is 0.382 e. The number of ether oxygens (including phenoxy) is 1. The molecule has 2 rings (SSSR count). The third-order valence-electron chi connectivity index (χ3n) is 3.22. The van der Waals surface area contributed by atoms with Crippen molar-refractivity contribution in [3.63, 3.8) is 0 Å². The molecule has 0 bridgehead atoms. The fourth-order valence-corrected chi connectivity index (χ4v) is 2.22. The Labute approximate surface area is 118 Å². The van der Waals surface area contributed by atoms with E-state index in [9.17, 15) is 9.59 Å². The highest BCUT2D eigenvalue weighted by Crippen LogP contribution is 2.21. The van der Waals surface area contributed by atoms with Crippen molar-refractivity contribution in [3.8, 4) is 0 Å². The molecule has 1 aliphatic heterocycles. The van der Waals surface area contributed by atoms with Crippen molar-refractivity contribution in [2.24, 2.45) is 0 Å². The van der Waals surface area contributed by atoms with Crippen LogP contribution in [0.2, 0.25) is 0 Å². The molecule has 0 aromatic heterocycles. The Morgan fingerprint density at radius 1 is 1.40 bits per heavy atom. The molecule has 20 heavy (non-hydrogen) atoms. The molecule has 0 spiro atoms. The van der Waals surface area contributed by atoms with E-state index in [2.05, 4.69) is 5.32 Å². The zero-order valence-corrected chi connectivity index (χ0v) is 11.7. The van der Waals surface area contributed by atoms with E-state index in [-0.39, 0.29) is 18.4 Å². The molecule has 108 valence electrons. The van der Waals surface area contributed by atoms with E-state index in [0.29, 0.717) is 31.9 Å². The van der Waals surface area contributed by atoms with Crippen LogP contribution in [0, 0.1) is 0 Å². The van der Waals surface area contributed by atoms with E-state index in [1.165, 1.54) is 0 Å². The molecule has 5 nitrogen and oxygen atoms in total. The van der Waals surface area contributed by atoms with E-state index in [1.807, 2.05) is 25.1 Å². The maximum Gasteiger partial charge on any atom is 0.254 e. The predicted octanol–water partition coefficient (Wildman–Crippen LogP) is 1.19. The van der Waals surface area contributed by atoms with E-state index in [0.717, 1.165) is 12.0 Å². The van der Waals surface area contributed by atoms with Gasteiger partial charge in [-0.05, 0) is 25.0 Å². The van der Waals surface area contributed by atoms with Gasteiger partial charge in [0.2, 0.25) is 5.91 Å². The lowest BCUT2D eigenvalue weighted by molar-refractivity contribution is -0.121. The Balaban J connectivity index is 1.75. The van der Waals surface area contributed by atoms with Crippen molar-refractivity contribution in [3.05, 3.63) is 35.4 Å². The summed E-state index contributed by atoms with van der Waals surface area (Å²) in [5.41, 5.74) is 1.69. The highest BCUT2D eigenvalue weighted by Gasteiger charge is 2.27. The molecule has 0 fully saturated rings. The second kappa shape index (κ2) is 7.05. The van der Waals surface area contributed by atoms with Gasteiger partial charge in [0.1, 0.15) is 6.54 Å². The first-order chi connectivity index (χ1) is 9.72. The number of hydrogen-bond donors (Lipinski definition) is 1. The average molecular weight is 276 g/mol. The normalized spacial score (nSPS) is 13.4. The number of nitrogens with one attached hydrogen (secondary N) is 1. The van der Waals surface area contributed by atoms with Crippen molar-refractivity contribution in [1.29, 1.82) is 0 Å². The first-order valence-electron chi connectivity index (χ1n) is 6.94. The highest BCUT2D eigenvalue weighted by atomic mass is 16.5. The third-order valence-corrected chi connectivity index (χ3v) is 3.22. The average Bonchev–Trinajstić information content (AvgIpc) is 2.76. The Kier molecular flexibility index (Phi) is 5.12. The third kappa shape index (κ3) is 3.57. The summed E-state index contributed by atoms with van der Waals surface area (Å²) in [5.74, 6) is -0.187. The van der Waals surface area contributed by atoms with Crippen LogP contribution in [0.1, 0.15) is 29.3 Å². The maximum absolute atomic E-state index is 12.1. The van der Waals surface area contributed by atoms with Crippen molar-refractivity contribution < 1.29 is 14.3 Å². The van der Waals surface area contributed by atoms with Crippen LogP contribution in [0.25, 0.3) is 0 Å². The number of rotatable bonds is 7. The van der Waals surface area contributed by atoms with Gasteiger partial charge in [-0.15, -0.1) is 0 Å². The minimum atomic E-state index is -0.123. The molecule has 2 amide bonds. The van der Waals surface area contributed by atoms with Gasteiger partial charge >= 0.3 is 0 Å². The summed E-state index contributed by atoms with van der Waals surface area (Å²) in [6.45, 7) is 4.48. The van der Waals surface area contributed by atoms with Gasteiger partial charge in [-0.25, -0.2) is 0 Å². The van der Waals surface area contributed by atoms with E-state index < -0.39 is 0 Å². The van der Waals surface area contributed by atoms with Gasteiger partial charge in [0.05, 0.1) is 0 Å². The molecule has 1 aliphatic rings. The molecule has 1 aromatic carbocycles. The first kappa shape index (κ1) is 14.5. The molecule has 0 aliphatic carbocycles. The minimum absolute atomic E-state index is 0.0648. The van der Waals surface area contributed by atoms with Gasteiger partial charge < -0.3 is 15.0 Å². The first-order valence-corrected chi connectivity index (χ1v) is 6.94. The highest BCUT2D eigenvalue weighted by molar-refractivity contribution is 6.00. The molecule has 0 unspecified atom stereocenters. The molecule has 0 atom stereocenters. The Morgan fingerprint density at radius 2 is 2.20 bits per heavy atom. The second-order valence-corrected chi connectivity index (χ2v) is 4.72. The van der Waals surface area contributed by atoms with Gasteiger partial charge in [0, 0.05) is 31.9 Å². The van der Waals surface area contributed by atoms with Crippen LogP contribution in [-0.4, -0.2) is 43.0 Å². The standard InChI is InChI=1S/C15H20N2O3/c1-2-20-9-5-8-16-14(18)11-17-10-12-6-3-4-7-13(12)15(17)19/h3-4,6-7H,2,5,8-11H2,1H3,(H,16,18). The summed E-state index contributed by atoms with van der Waals surface area (Å²) in [6.07, 6.45) is 0.785. The molecule has 0 saturated carbocycles. The summed E-state index contributed by atoms with van der Waals surface area (Å²) >= 11 is 0. The molecule has 1 heterocycles. The predicted molar refractivity (Wildman–Crippen MR) is 75.3 cm³/mol. The number of carbonyl (C=O) groups excluding carboxylic acids is 2. The Morgan fingerprint density at radius 3 is 2.95 bits per heavy atom. The van der Waals surface area contributed by atoms with E-state index >= 15 is 0 Å². The Bertz CT molecular complexity index is 488. The van der Waals surface area contributed by atoms with Crippen LogP contribution in [0.3, 0.4) is 0 Å².